The first-order valence-corrected chi connectivity index (χ1v) is 6.88. The number of H-pyrrole nitrogens is 1. The van der Waals surface area contributed by atoms with Gasteiger partial charge in [0.1, 0.15) is 11.5 Å². The van der Waals surface area contributed by atoms with Gasteiger partial charge in [0.15, 0.2) is 5.69 Å². The lowest BCUT2D eigenvalue weighted by molar-refractivity contribution is 0.0666. The normalized spacial score (nSPS) is 14.9. The van der Waals surface area contributed by atoms with Gasteiger partial charge in [-0.1, -0.05) is 6.07 Å². The molecule has 1 fully saturated rings. The SMILES string of the molecule is O=C(O)c1nc[nH]c1C(=O)N1CCN(c2ccccn2)CC1. The van der Waals surface area contributed by atoms with E-state index in [9.17, 15) is 9.59 Å². The third-order valence-electron chi connectivity index (χ3n) is 3.60. The predicted molar refractivity (Wildman–Crippen MR) is 77.9 cm³/mol. The second-order valence-electron chi connectivity index (χ2n) is 4.90. The van der Waals surface area contributed by atoms with E-state index < -0.39 is 5.97 Å². The molecule has 8 heteroatoms. The highest BCUT2D eigenvalue weighted by Crippen LogP contribution is 2.15. The van der Waals surface area contributed by atoms with Crippen molar-refractivity contribution in [3.63, 3.8) is 0 Å². The molecular formula is C14H15N5O3. The molecule has 3 rings (SSSR count). The van der Waals surface area contributed by atoms with E-state index in [4.69, 9.17) is 5.11 Å². The zero-order chi connectivity index (χ0) is 15.5. The van der Waals surface area contributed by atoms with E-state index in [1.54, 1.807) is 11.1 Å². The van der Waals surface area contributed by atoms with Crippen LogP contribution in [0.1, 0.15) is 21.0 Å². The Morgan fingerprint density at radius 1 is 1.14 bits per heavy atom. The molecule has 22 heavy (non-hydrogen) atoms. The van der Waals surface area contributed by atoms with Crippen LogP contribution >= 0.6 is 0 Å². The minimum absolute atomic E-state index is 0.0267. The summed E-state index contributed by atoms with van der Waals surface area (Å²) in [6.45, 7) is 2.32. The topological polar surface area (TPSA) is 102 Å². The fourth-order valence-corrected chi connectivity index (χ4v) is 2.46. The number of pyridine rings is 1. The van der Waals surface area contributed by atoms with Crippen molar-refractivity contribution in [3.8, 4) is 0 Å². The molecule has 2 N–H and O–H groups in total. The van der Waals surface area contributed by atoms with Gasteiger partial charge in [-0.25, -0.2) is 14.8 Å². The number of carbonyl (C=O) groups is 2. The number of nitrogens with zero attached hydrogens (tertiary/aromatic N) is 4. The van der Waals surface area contributed by atoms with Gasteiger partial charge in [0.05, 0.1) is 6.33 Å². The number of aromatic nitrogens is 3. The lowest BCUT2D eigenvalue weighted by Gasteiger charge is -2.35. The van der Waals surface area contributed by atoms with E-state index in [1.165, 1.54) is 6.33 Å². The van der Waals surface area contributed by atoms with Crippen LogP contribution in [-0.2, 0) is 0 Å². The molecule has 3 heterocycles. The number of hydrogen-bond acceptors (Lipinski definition) is 5. The highest BCUT2D eigenvalue weighted by Gasteiger charge is 2.27. The van der Waals surface area contributed by atoms with Crippen molar-refractivity contribution in [2.45, 2.75) is 0 Å². The molecule has 1 aliphatic heterocycles. The third kappa shape index (κ3) is 2.62. The van der Waals surface area contributed by atoms with Crippen LogP contribution in [0, 0.1) is 0 Å². The molecule has 1 saturated heterocycles. The quantitative estimate of drug-likeness (QED) is 0.854. The van der Waals surface area contributed by atoms with Crippen molar-refractivity contribution in [1.82, 2.24) is 19.9 Å². The summed E-state index contributed by atoms with van der Waals surface area (Å²) in [7, 11) is 0. The number of amides is 1. The summed E-state index contributed by atoms with van der Waals surface area (Å²) in [5.41, 5.74) is -0.212. The molecule has 0 spiro atoms. The molecule has 0 radical (unpaired) electrons. The molecule has 2 aromatic heterocycles. The van der Waals surface area contributed by atoms with Crippen molar-refractivity contribution in [3.05, 3.63) is 42.1 Å². The molecule has 0 aliphatic carbocycles. The summed E-state index contributed by atoms with van der Waals surface area (Å²) in [6, 6.07) is 5.70. The maximum absolute atomic E-state index is 12.4. The number of carboxylic acid groups (broad SMARTS) is 1. The van der Waals surface area contributed by atoms with Gasteiger partial charge < -0.3 is 19.9 Å². The van der Waals surface area contributed by atoms with Crippen LogP contribution in [-0.4, -0.2) is 63.0 Å². The summed E-state index contributed by atoms with van der Waals surface area (Å²) < 4.78 is 0. The van der Waals surface area contributed by atoms with Crippen molar-refractivity contribution in [2.24, 2.45) is 0 Å². The first kappa shape index (κ1) is 14.1. The molecular weight excluding hydrogens is 286 g/mol. The fraction of sp³-hybridized carbons (Fsp3) is 0.286. The van der Waals surface area contributed by atoms with Crippen LogP contribution in [0.15, 0.2) is 30.7 Å². The van der Waals surface area contributed by atoms with Gasteiger partial charge in [-0.15, -0.1) is 0 Å². The number of carbonyl (C=O) groups excluding carboxylic acids is 1. The van der Waals surface area contributed by atoms with Gasteiger partial charge in [-0.3, -0.25) is 4.79 Å². The van der Waals surface area contributed by atoms with Gasteiger partial charge in [0, 0.05) is 32.4 Å². The number of hydrogen-bond donors (Lipinski definition) is 2. The van der Waals surface area contributed by atoms with Crippen LogP contribution in [0.3, 0.4) is 0 Å². The Morgan fingerprint density at radius 3 is 2.55 bits per heavy atom. The van der Waals surface area contributed by atoms with Crippen LogP contribution in [0.2, 0.25) is 0 Å². The molecule has 114 valence electrons. The lowest BCUT2D eigenvalue weighted by Crippen LogP contribution is -2.49. The van der Waals surface area contributed by atoms with Gasteiger partial charge in [-0.05, 0) is 12.1 Å². The summed E-state index contributed by atoms with van der Waals surface area (Å²) >= 11 is 0. The predicted octanol–water partition coefficient (Wildman–Crippen LogP) is 0.465. The first-order valence-electron chi connectivity index (χ1n) is 6.88. The maximum atomic E-state index is 12.4. The molecule has 0 saturated carbocycles. The van der Waals surface area contributed by atoms with Crippen molar-refractivity contribution < 1.29 is 14.7 Å². The number of rotatable bonds is 3. The van der Waals surface area contributed by atoms with Crippen LogP contribution < -0.4 is 4.90 Å². The zero-order valence-corrected chi connectivity index (χ0v) is 11.8. The Morgan fingerprint density at radius 2 is 1.91 bits per heavy atom. The second-order valence-corrected chi connectivity index (χ2v) is 4.90. The average Bonchev–Trinajstić information content (AvgIpc) is 3.05. The van der Waals surface area contributed by atoms with Crippen molar-refractivity contribution in [1.29, 1.82) is 0 Å². The number of carboxylic acids is 1. The van der Waals surface area contributed by atoms with E-state index in [0.717, 1.165) is 5.82 Å². The molecule has 1 aliphatic rings. The number of aromatic amines is 1. The largest absolute Gasteiger partial charge is 0.476 e. The minimum Gasteiger partial charge on any atom is -0.476 e. The Labute approximate surface area is 126 Å². The molecule has 0 bridgehead atoms. The van der Waals surface area contributed by atoms with Crippen LogP contribution in [0.4, 0.5) is 5.82 Å². The molecule has 2 aromatic rings. The standard InChI is InChI=1S/C14H15N5O3/c20-13(11-12(14(21)22)17-9-16-11)19-7-5-18(6-8-19)10-3-1-2-4-15-10/h1-4,9H,5-8H2,(H,16,17)(H,21,22). The third-order valence-corrected chi connectivity index (χ3v) is 3.60. The van der Waals surface area contributed by atoms with E-state index >= 15 is 0 Å². The average molecular weight is 301 g/mol. The maximum Gasteiger partial charge on any atom is 0.356 e. The molecule has 0 aromatic carbocycles. The summed E-state index contributed by atoms with van der Waals surface area (Å²) in [5.74, 6) is -0.672. The number of imidazole rings is 1. The highest BCUT2D eigenvalue weighted by molar-refractivity contribution is 6.02. The molecule has 0 unspecified atom stereocenters. The smallest absolute Gasteiger partial charge is 0.356 e. The number of anilines is 1. The summed E-state index contributed by atoms with van der Waals surface area (Å²) in [6.07, 6.45) is 2.96. The van der Waals surface area contributed by atoms with Gasteiger partial charge in [-0.2, -0.15) is 0 Å². The Bertz CT molecular complexity index is 677. The van der Waals surface area contributed by atoms with E-state index in [0.29, 0.717) is 26.2 Å². The van der Waals surface area contributed by atoms with Gasteiger partial charge >= 0.3 is 5.97 Å². The van der Waals surface area contributed by atoms with Crippen molar-refractivity contribution in [2.75, 3.05) is 31.1 Å². The molecule has 1 amide bonds. The van der Waals surface area contributed by atoms with E-state index in [-0.39, 0.29) is 17.3 Å². The number of aromatic carboxylic acids is 1. The van der Waals surface area contributed by atoms with Crippen molar-refractivity contribution >= 4 is 17.7 Å². The lowest BCUT2D eigenvalue weighted by atomic mass is 10.2. The molecule has 8 nitrogen and oxygen atoms in total. The summed E-state index contributed by atoms with van der Waals surface area (Å²) in [5, 5.41) is 9.02. The van der Waals surface area contributed by atoms with Crippen LogP contribution in [0.25, 0.3) is 0 Å². The Balaban J connectivity index is 1.67. The second kappa shape index (κ2) is 5.84. The van der Waals surface area contributed by atoms with E-state index in [2.05, 4.69) is 19.9 Å². The van der Waals surface area contributed by atoms with E-state index in [1.807, 2.05) is 18.2 Å². The van der Waals surface area contributed by atoms with Gasteiger partial charge in [0.25, 0.3) is 5.91 Å². The monoisotopic (exact) mass is 301 g/mol. The number of nitrogens with one attached hydrogen (secondary N) is 1. The first-order chi connectivity index (χ1) is 10.7. The van der Waals surface area contributed by atoms with Crippen LogP contribution in [0.5, 0.6) is 0 Å². The fourth-order valence-electron chi connectivity index (χ4n) is 2.46. The molecule has 0 atom stereocenters. The minimum atomic E-state index is -1.21. The Hall–Kier alpha value is -2.90. The summed E-state index contributed by atoms with van der Waals surface area (Å²) in [4.78, 5) is 37.7. The zero-order valence-electron chi connectivity index (χ0n) is 11.8. The number of piperazine rings is 1. The van der Waals surface area contributed by atoms with Gasteiger partial charge in [0.2, 0.25) is 0 Å². The highest BCUT2D eigenvalue weighted by atomic mass is 16.4. The Kier molecular flexibility index (Phi) is 3.73.